The van der Waals surface area contributed by atoms with E-state index in [1.807, 2.05) is 0 Å². The first-order valence-electron chi connectivity index (χ1n) is 9.54. The van der Waals surface area contributed by atoms with Crippen molar-refractivity contribution in [2.24, 2.45) is 5.73 Å². The van der Waals surface area contributed by atoms with Gasteiger partial charge < -0.3 is 21.2 Å². The monoisotopic (exact) mass is 374 g/mol. The smallest absolute Gasteiger partial charge is 0.294 e. The number of nitrogens with two attached hydrogens (primary N) is 1. The summed E-state index contributed by atoms with van der Waals surface area (Å²) in [4.78, 5) is 37.7. The lowest BCUT2D eigenvalue weighted by atomic mass is 10.1. The highest BCUT2D eigenvalue weighted by atomic mass is 16.9. The highest BCUT2D eigenvalue weighted by Crippen LogP contribution is 2.02. The second-order valence-electron chi connectivity index (χ2n) is 6.34. The lowest BCUT2D eigenvalue weighted by Gasteiger charge is -2.12. The van der Waals surface area contributed by atoms with Crippen LogP contribution in [-0.4, -0.2) is 42.6 Å². The maximum absolute atomic E-state index is 11.8. The molecule has 26 heavy (non-hydrogen) atoms. The van der Waals surface area contributed by atoms with Crippen molar-refractivity contribution in [3.05, 3.63) is 10.1 Å². The van der Waals surface area contributed by atoms with Crippen molar-refractivity contribution < 1.29 is 19.5 Å². The molecule has 4 N–H and O–H groups in total. The molecule has 0 fully saturated rings. The van der Waals surface area contributed by atoms with Gasteiger partial charge in [0.2, 0.25) is 11.8 Å². The van der Waals surface area contributed by atoms with E-state index in [4.69, 9.17) is 5.73 Å². The molecule has 0 aromatic rings. The largest absolute Gasteiger partial charge is 0.356 e. The van der Waals surface area contributed by atoms with E-state index >= 15 is 0 Å². The van der Waals surface area contributed by atoms with Crippen LogP contribution < -0.4 is 16.4 Å². The zero-order valence-electron chi connectivity index (χ0n) is 15.8. The molecule has 0 aliphatic rings. The summed E-state index contributed by atoms with van der Waals surface area (Å²) in [6, 6.07) is -0.829. The molecule has 0 saturated carbocycles. The molecule has 0 heterocycles. The molecule has 0 aliphatic carbocycles. The fourth-order valence-electron chi connectivity index (χ4n) is 2.38. The Labute approximate surface area is 155 Å². The summed E-state index contributed by atoms with van der Waals surface area (Å²) in [7, 11) is 0. The van der Waals surface area contributed by atoms with Gasteiger partial charge in [-0.3, -0.25) is 9.59 Å². The number of unbranched alkanes of at least 4 members (excludes halogenated alkanes) is 7. The van der Waals surface area contributed by atoms with Crippen LogP contribution in [0.5, 0.6) is 0 Å². The molecule has 0 aromatic carbocycles. The fourth-order valence-corrected chi connectivity index (χ4v) is 2.38. The maximum Gasteiger partial charge on any atom is 0.294 e. The molecule has 0 radical (unpaired) electrons. The lowest BCUT2D eigenvalue weighted by Crippen LogP contribution is -2.44. The Morgan fingerprint density at radius 1 is 1.00 bits per heavy atom. The summed E-state index contributed by atoms with van der Waals surface area (Å²) in [5, 5.41) is 14.6. The molecule has 1 unspecified atom stereocenters. The zero-order valence-corrected chi connectivity index (χ0v) is 15.8. The van der Waals surface area contributed by atoms with E-state index in [9.17, 15) is 19.7 Å². The van der Waals surface area contributed by atoms with E-state index in [-0.39, 0.29) is 24.8 Å². The zero-order chi connectivity index (χ0) is 19.6. The normalized spacial score (nSPS) is 11.6. The number of amides is 2. The predicted molar refractivity (Wildman–Crippen MR) is 98.8 cm³/mol. The fraction of sp³-hybridized carbons (Fsp3) is 0.882. The third kappa shape index (κ3) is 15.6. The van der Waals surface area contributed by atoms with Crippen molar-refractivity contribution >= 4 is 11.8 Å². The molecule has 0 aromatic heterocycles. The standard InChI is InChI=1S/C17H34N4O5/c1-2-3-4-5-9-12-20-17(23)15(18)14-16(22)19-11-8-6-7-10-13-26-21(24)25/h15H,2-14,18H2,1H3,(H,19,22)(H,20,23). The number of rotatable bonds is 17. The quantitative estimate of drug-likeness (QED) is 0.201. The first-order valence-corrected chi connectivity index (χ1v) is 9.54. The van der Waals surface area contributed by atoms with E-state index in [0.29, 0.717) is 19.5 Å². The summed E-state index contributed by atoms with van der Waals surface area (Å²) in [5.74, 6) is -0.534. The topological polar surface area (TPSA) is 137 Å². The summed E-state index contributed by atoms with van der Waals surface area (Å²) in [6.07, 6.45) is 8.56. The van der Waals surface area contributed by atoms with Gasteiger partial charge in [-0.15, -0.1) is 10.1 Å². The number of nitrogens with one attached hydrogen (secondary N) is 2. The summed E-state index contributed by atoms with van der Waals surface area (Å²) < 4.78 is 0. The molecule has 1 atom stereocenters. The SMILES string of the molecule is CCCCCCCNC(=O)C(N)CC(=O)NCCCCCCO[N+](=O)[O-]. The molecular weight excluding hydrogens is 340 g/mol. The van der Waals surface area contributed by atoms with Crippen molar-refractivity contribution in [1.82, 2.24) is 10.6 Å². The first kappa shape index (κ1) is 24.1. The second kappa shape index (κ2) is 16.6. The van der Waals surface area contributed by atoms with Gasteiger partial charge >= 0.3 is 0 Å². The van der Waals surface area contributed by atoms with Crippen molar-refractivity contribution in [3.8, 4) is 0 Å². The van der Waals surface area contributed by atoms with Gasteiger partial charge in [-0.1, -0.05) is 45.4 Å². The number of carbonyl (C=O) groups excluding carboxylic acids is 2. The van der Waals surface area contributed by atoms with Crippen LogP contribution in [-0.2, 0) is 14.4 Å². The highest BCUT2D eigenvalue weighted by Gasteiger charge is 2.16. The Kier molecular flexibility index (Phi) is 15.4. The van der Waals surface area contributed by atoms with Gasteiger partial charge in [0.25, 0.3) is 5.09 Å². The van der Waals surface area contributed by atoms with Crippen molar-refractivity contribution in [2.75, 3.05) is 19.7 Å². The number of hydrogen-bond donors (Lipinski definition) is 3. The molecule has 0 saturated heterocycles. The van der Waals surface area contributed by atoms with Gasteiger partial charge in [0.15, 0.2) is 0 Å². The minimum atomic E-state index is -0.829. The molecule has 0 bridgehead atoms. The van der Waals surface area contributed by atoms with Crippen LogP contribution in [0.15, 0.2) is 0 Å². The predicted octanol–water partition coefficient (Wildman–Crippen LogP) is 1.68. The Bertz CT molecular complexity index is 407. The van der Waals surface area contributed by atoms with Crippen molar-refractivity contribution in [1.29, 1.82) is 0 Å². The molecular formula is C17H34N4O5. The van der Waals surface area contributed by atoms with Crippen LogP contribution in [0.4, 0.5) is 0 Å². The molecule has 0 aliphatic heterocycles. The van der Waals surface area contributed by atoms with Gasteiger partial charge in [0.1, 0.15) is 0 Å². The molecule has 152 valence electrons. The van der Waals surface area contributed by atoms with Crippen LogP contribution >= 0.6 is 0 Å². The van der Waals surface area contributed by atoms with Gasteiger partial charge in [-0.2, -0.15) is 0 Å². The molecule has 2 amide bonds. The van der Waals surface area contributed by atoms with Crippen LogP contribution in [0.2, 0.25) is 0 Å². The van der Waals surface area contributed by atoms with E-state index in [1.165, 1.54) is 19.3 Å². The van der Waals surface area contributed by atoms with Crippen LogP contribution in [0.3, 0.4) is 0 Å². The van der Waals surface area contributed by atoms with E-state index in [1.54, 1.807) is 0 Å². The van der Waals surface area contributed by atoms with E-state index in [2.05, 4.69) is 22.4 Å². The third-order valence-corrected chi connectivity index (χ3v) is 3.91. The average Bonchev–Trinajstić information content (AvgIpc) is 2.59. The minimum absolute atomic E-state index is 0.0294. The highest BCUT2D eigenvalue weighted by molar-refractivity contribution is 5.88. The first-order chi connectivity index (χ1) is 12.5. The van der Waals surface area contributed by atoms with Gasteiger partial charge in [0, 0.05) is 13.1 Å². The van der Waals surface area contributed by atoms with Gasteiger partial charge in [-0.05, 0) is 19.3 Å². The third-order valence-electron chi connectivity index (χ3n) is 3.91. The minimum Gasteiger partial charge on any atom is -0.356 e. The van der Waals surface area contributed by atoms with Gasteiger partial charge in [-0.25, -0.2) is 0 Å². The van der Waals surface area contributed by atoms with Crippen molar-refractivity contribution in [3.63, 3.8) is 0 Å². The Balaban J connectivity index is 3.56. The second-order valence-corrected chi connectivity index (χ2v) is 6.34. The number of carbonyl (C=O) groups is 2. The Morgan fingerprint density at radius 2 is 1.58 bits per heavy atom. The summed E-state index contributed by atoms with van der Waals surface area (Å²) in [6.45, 7) is 3.35. The number of nitrogens with zero attached hydrogens (tertiary/aromatic N) is 1. The van der Waals surface area contributed by atoms with E-state index < -0.39 is 11.1 Å². The Hall–Kier alpha value is -1.90. The lowest BCUT2D eigenvalue weighted by molar-refractivity contribution is -0.757. The van der Waals surface area contributed by atoms with Crippen LogP contribution in [0.1, 0.15) is 71.1 Å². The van der Waals surface area contributed by atoms with Gasteiger partial charge in [0.05, 0.1) is 19.1 Å². The van der Waals surface area contributed by atoms with E-state index in [0.717, 1.165) is 32.1 Å². The average molecular weight is 374 g/mol. The summed E-state index contributed by atoms with van der Waals surface area (Å²) in [5.41, 5.74) is 5.75. The van der Waals surface area contributed by atoms with Crippen molar-refractivity contribution in [2.45, 2.75) is 77.2 Å². The van der Waals surface area contributed by atoms with Crippen LogP contribution in [0, 0.1) is 10.1 Å². The maximum atomic E-state index is 11.8. The summed E-state index contributed by atoms with van der Waals surface area (Å²) >= 11 is 0. The molecule has 0 rings (SSSR count). The number of hydrogen-bond acceptors (Lipinski definition) is 6. The Morgan fingerprint density at radius 3 is 2.19 bits per heavy atom. The molecule has 9 heteroatoms. The molecule has 0 spiro atoms. The van der Waals surface area contributed by atoms with Crippen LogP contribution in [0.25, 0.3) is 0 Å². The molecule has 9 nitrogen and oxygen atoms in total.